The van der Waals surface area contributed by atoms with E-state index in [1.54, 1.807) is 0 Å². The summed E-state index contributed by atoms with van der Waals surface area (Å²) >= 11 is 0. The van der Waals surface area contributed by atoms with Crippen LogP contribution in [0.1, 0.15) is 6.42 Å². The fraction of sp³-hybridized carbons (Fsp3) is 0.684. The van der Waals surface area contributed by atoms with Crippen molar-refractivity contribution in [3.63, 3.8) is 0 Å². The Balaban J connectivity index is 1.71. The highest BCUT2D eigenvalue weighted by atomic mass is 16.6. The Morgan fingerprint density at radius 2 is 1.22 bits per heavy atom. The quantitative estimate of drug-likeness (QED) is 0.204. The zero-order chi connectivity index (χ0) is 19.4. The molecule has 8 nitrogen and oxygen atoms in total. The van der Waals surface area contributed by atoms with Crippen molar-refractivity contribution in [3.8, 4) is 0 Å². The van der Waals surface area contributed by atoms with Crippen molar-refractivity contribution >= 4 is 11.4 Å². The Morgan fingerprint density at radius 1 is 0.704 bits per heavy atom. The first-order chi connectivity index (χ1) is 13.3. The smallest absolute Gasteiger partial charge is 0.0701 e. The van der Waals surface area contributed by atoms with Gasteiger partial charge in [-0.2, -0.15) is 0 Å². The number of benzene rings is 1. The van der Waals surface area contributed by atoms with Crippen LogP contribution in [0.5, 0.6) is 0 Å². The molecule has 156 valence electrons. The van der Waals surface area contributed by atoms with E-state index in [2.05, 4.69) is 10.6 Å². The molecule has 0 aliphatic heterocycles. The Labute approximate surface area is 162 Å². The first kappa shape index (κ1) is 23.6. The van der Waals surface area contributed by atoms with Gasteiger partial charge in [0, 0.05) is 31.1 Å². The summed E-state index contributed by atoms with van der Waals surface area (Å²) in [5, 5.41) is 15.1. The molecule has 0 aromatic heterocycles. The third-order valence-electron chi connectivity index (χ3n) is 3.54. The minimum atomic E-state index is 0.220. The number of nitrogens with one attached hydrogen (secondary N) is 2. The van der Waals surface area contributed by atoms with E-state index in [1.807, 2.05) is 24.3 Å². The lowest BCUT2D eigenvalue weighted by Gasteiger charge is -2.09. The van der Waals surface area contributed by atoms with Crippen molar-refractivity contribution in [2.75, 3.05) is 90.1 Å². The second-order valence-corrected chi connectivity index (χ2v) is 5.83. The molecular weight excluding hydrogens is 350 g/mol. The van der Waals surface area contributed by atoms with Gasteiger partial charge in [-0.05, 0) is 37.2 Å². The van der Waals surface area contributed by atoms with Crippen molar-refractivity contribution in [1.29, 1.82) is 0 Å². The normalized spacial score (nSPS) is 11.0. The molecule has 0 amide bonds. The molecule has 0 radical (unpaired) electrons. The summed E-state index contributed by atoms with van der Waals surface area (Å²) < 4.78 is 21.8. The fourth-order valence-electron chi connectivity index (χ4n) is 2.10. The van der Waals surface area contributed by atoms with E-state index in [0.29, 0.717) is 52.9 Å². The van der Waals surface area contributed by atoms with E-state index in [-0.39, 0.29) is 6.61 Å². The number of nitrogen functional groups attached to an aromatic ring is 1. The summed E-state index contributed by atoms with van der Waals surface area (Å²) in [4.78, 5) is 0. The summed E-state index contributed by atoms with van der Waals surface area (Å²) in [6.07, 6.45) is 0.772. The van der Waals surface area contributed by atoms with Gasteiger partial charge in [-0.1, -0.05) is 0 Å². The van der Waals surface area contributed by atoms with Gasteiger partial charge >= 0.3 is 0 Å². The number of anilines is 2. The van der Waals surface area contributed by atoms with Gasteiger partial charge < -0.3 is 40.4 Å². The third-order valence-corrected chi connectivity index (χ3v) is 3.54. The molecule has 1 aromatic carbocycles. The third kappa shape index (κ3) is 15.3. The minimum absolute atomic E-state index is 0.220. The second kappa shape index (κ2) is 18.0. The van der Waals surface area contributed by atoms with Gasteiger partial charge in [-0.15, -0.1) is 0 Å². The first-order valence-electron chi connectivity index (χ1n) is 9.55. The standard InChI is InChI=1S/C19H35N3O5/c20-18-2-4-19(5-3-18)22-8-11-25-13-15-27-17-16-26-14-12-24-10-7-21-6-1-9-23/h2-5,21-23H,1,6-17,20H2. The molecule has 0 aliphatic carbocycles. The Kier molecular flexibility index (Phi) is 15.7. The molecule has 1 aromatic rings. The molecule has 0 aliphatic rings. The maximum atomic E-state index is 8.63. The molecule has 0 bridgehead atoms. The van der Waals surface area contributed by atoms with Crippen molar-refractivity contribution in [2.24, 2.45) is 0 Å². The second-order valence-electron chi connectivity index (χ2n) is 5.83. The van der Waals surface area contributed by atoms with Crippen LogP contribution >= 0.6 is 0 Å². The van der Waals surface area contributed by atoms with Gasteiger partial charge in [-0.3, -0.25) is 0 Å². The molecule has 0 atom stereocenters. The van der Waals surface area contributed by atoms with E-state index in [1.165, 1.54) is 0 Å². The van der Waals surface area contributed by atoms with Crippen LogP contribution in [0.3, 0.4) is 0 Å². The predicted octanol–water partition coefficient (Wildman–Crippen LogP) is 0.719. The van der Waals surface area contributed by atoms with Gasteiger partial charge in [-0.25, -0.2) is 0 Å². The molecule has 0 heterocycles. The van der Waals surface area contributed by atoms with Crippen LogP contribution in [-0.2, 0) is 18.9 Å². The lowest BCUT2D eigenvalue weighted by molar-refractivity contribution is -0.000409. The molecule has 27 heavy (non-hydrogen) atoms. The van der Waals surface area contributed by atoms with Crippen molar-refractivity contribution in [3.05, 3.63) is 24.3 Å². The molecule has 0 saturated carbocycles. The van der Waals surface area contributed by atoms with Gasteiger partial charge in [0.1, 0.15) is 0 Å². The van der Waals surface area contributed by atoms with E-state index < -0.39 is 0 Å². The van der Waals surface area contributed by atoms with E-state index in [0.717, 1.165) is 37.4 Å². The Bertz CT molecular complexity index is 434. The largest absolute Gasteiger partial charge is 0.399 e. The van der Waals surface area contributed by atoms with Crippen molar-refractivity contribution in [1.82, 2.24) is 5.32 Å². The Hall–Kier alpha value is -1.42. The van der Waals surface area contributed by atoms with Crippen LogP contribution in [0.4, 0.5) is 11.4 Å². The van der Waals surface area contributed by atoms with Gasteiger partial charge in [0.05, 0.1) is 52.9 Å². The van der Waals surface area contributed by atoms with Crippen LogP contribution in [0.15, 0.2) is 24.3 Å². The molecular formula is C19H35N3O5. The number of rotatable bonds is 19. The Morgan fingerprint density at radius 3 is 1.78 bits per heavy atom. The predicted molar refractivity (Wildman–Crippen MR) is 107 cm³/mol. The average molecular weight is 386 g/mol. The highest BCUT2D eigenvalue weighted by Gasteiger charge is 1.94. The lowest BCUT2D eigenvalue weighted by Crippen LogP contribution is -2.22. The molecule has 0 unspecified atom stereocenters. The highest BCUT2D eigenvalue weighted by molar-refractivity contribution is 5.51. The molecule has 0 fully saturated rings. The van der Waals surface area contributed by atoms with Crippen LogP contribution in [0.2, 0.25) is 0 Å². The number of nitrogens with two attached hydrogens (primary N) is 1. The molecule has 1 rings (SSSR count). The zero-order valence-corrected chi connectivity index (χ0v) is 16.2. The van der Waals surface area contributed by atoms with E-state index in [9.17, 15) is 0 Å². The average Bonchev–Trinajstić information content (AvgIpc) is 2.68. The van der Waals surface area contributed by atoms with Crippen LogP contribution in [0, 0.1) is 0 Å². The van der Waals surface area contributed by atoms with Crippen molar-refractivity contribution in [2.45, 2.75) is 6.42 Å². The maximum Gasteiger partial charge on any atom is 0.0701 e. The number of aliphatic hydroxyl groups is 1. The van der Waals surface area contributed by atoms with E-state index in [4.69, 9.17) is 29.8 Å². The molecule has 5 N–H and O–H groups in total. The van der Waals surface area contributed by atoms with Crippen LogP contribution in [0.25, 0.3) is 0 Å². The van der Waals surface area contributed by atoms with Gasteiger partial charge in [0.2, 0.25) is 0 Å². The lowest BCUT2D eigenvalue weighted by atomic mass is 10.3. The fourth-order valence-corrected chi connectivity index (χ4v) is 2.10. The maximum absolute atomic E-state index is 8.63. The zero-order valence-electron chi connectivity index (χ0n) is 16.2. The first-order valence-corrected chi connectivity index (χ1v) is 9.55. The van der Waals surface area contributed by atoms with Crippen LogP contribution in [-0.4, -0.2) is 84.2 Å². The monoisotopic (exact) mass is 385 g/mol. The van der Waals surface area contributed by atoms with Gasteiger partial charge in [0.25, 0.3) is 0 Å². The number of aliphatic hydroxyl groups excluding tert-OH is 1. The summed E-state index contributed by atoms with van der Waals surface area (Å²) in [6.45, 7) is 7.20. The van der Waals surface area contributed by atoms with Gasteiger partial charge in [0.15, 0.2) is 0 Å². The topological polar surface area (TPSA) is 107 Å². The number of hydrogen-bond donors (Lipinski definition) is 4. The summed E-state index contributed by atoms with van der Waals surface area (Å²) in [6, 6.07) is 7.62. The molecule has 0 spiro atoms. The molecule has 0 saturated heterocycles. The van der Waals surface area contributed by atoms with Crippen LogP contribution < -0.4 is 16.4 Å². The number of ether oxygens (including phenoxy) is 4. The molecule has 8 heteroatoms. The van der Waals surface area contributed by atoms with E-state index >= 15 is 0 Å². The van der Waals surface area contributed by atoms with Crippen molar-refractivity contribution < 1.29 is 24.1 Å². The summed E-state index contributed by atoms with van der Waals surface area (Å²) in [5.41, 5.74) is 7.42. The minimum Gasteiger partial charge on any atom is -0.399 e. The summed E-state index contributed by atoms with van der Waals surface area (Å²) in [5.74, 6) is 0. The summed E-state index contributed by atoms with van der Waals surface area (Å²) in [7, 11) is 0. The SMILES string of the molecule is Nc1ccc(NCCOCCOCCOCCOCCNCCCO)cc1. The number of hydrogen-bond acceptors (Lipinski definition) is 8. The highest BCUT2D eigenvalue weighted by Crippen LogP contribution is 2.09.